The van der Waals surface area contributed by atoms with Crippen molar-refractivity contribution in [2.75, 3.05) is 16.6 Å². The van der Waals surface area contributed by atoms with Crippen LogP contribution in [0.3, 0.4) is 0 Å². The molecule has 1 aliphatic heterocycles. The fourth-order valence-electron chi connectivity index (χ4n) is 3.39. The van der Waals surface area contributed by atoms with Crippen LogP contribution in [0.5, 0.6) is 5.88 Å². The van der Waals surface area contributed by atoms with Gasteiger partial charge in [0.15, 0.2) is 0 Å². The van der Waals surface area contributed by atoms with Crippen LogP contribution in [0.4, 0.5) is 11.6 Å². The van der Waals surface area contributed by atoms with Crippen LogP contribution in [0.15, 0.2) is 47.5 Å². The van der Waals surface area contributed by atoms with Gasteiger partial charge in [-0.15, -0.1) is 0 Å². The Kier molecular flexibility index (Phi) is 5.33. The SMILES string of the molecule is CC(C)C[C@@H]1COc2cc(-c3ccnn3C)nc(n2)NS(=O)(=O)c2cccc(c2)N1. The van der Waals surface area contributed by atoms with E-state index in [-0.39, 0.29) is 16.9 Å². The highest BCUT2D eigenvalue weighted by molar-refractivity contribution is 7.92. The summed E-state index contributed by atoms with van der Waals surface area (Å²) < 4.78 is 36.0. The number of aryl methyl sites for hydroxylation is 1. The number of hydrogen-bond donors (Lipinski definition) is 2. The summed E-state index contributed by atoms with van der Waals surface area (Å²) in [5.74, 6) is 0.667. The number of sulfonamides is 1. The molecule has 10 heteroatoms. The van der Waals surface area contributed by atoms with E-state index >= 15 is 0 Å². The molecule has 1 aromatic carbocycles. The monoisotopic (exact) mass is 428 g/mol. The van der Waals surface area contributed by atoms with Gasteiger partial charge in [0.2, 0.25) is 11.8 Å². The van der Waals surface area contributed by atoms with Gasteiger partial charge in [-0.2, -0.15) is 10.1 Å². The molecule has 0 amide bonds. The average molecular weight is 429 g/mol. The van der Waals surface area contributed by atoms with Gasteiger partial charge in [-0.05, 0) is 36.6 Å². The number of ether oxygens (including phenoxy) is 1. The van der Waals surface area contributed by atoms with E-state index in [2.05, 4.69) is 39.0 Å². The maximum absolute atomic E-state index is 12.9. The van der Waals surface area contributed by atoms with Crippen LogP contribution in [-0.4, -0.2) is 40.8 Å². The van der Waals surface area contributed by atoms with Gasteiger partial charge in [0, 0.05) is 25.0 Å². The van der Waals surface area contributed by atoms with Crippen molar-refractivity contribution in [3.8, 4) is 17.3 Å². The molecule has 3 aromatic rings. The van der Waals surface area contributed by atoms with Crippen molar-refractivity contribution in [2.45, 2.75) is 31.2 Å². The molecule has 9 nitrogen and oxygen atoms in total. The van der Waals surface area contributed by atoms with E-state index in [1.165, 1.54) is 0 Å². The molecule has 2 N–H and O–H groups in total. The summed E-state index contributed by atoms with van der Waals surface area (Å²) >= 11 is 0. The molecule has 0 spiro atoms. The van der Waals surface area contributed by atoms with Gasteiger partial charge < -0.3 is 10.1 Å². The topological polar surface area (TPSA) is 111 Å². The average Bonchev–Trinajstić information content (AvgIpc) is 3.11. The number of hydrogen-bond acceptors (Lipinski definition) is 7. The molecule has 3 heterocycles. The molecule has 0 unspecified atom stereocenters. The van der Waals surface area contributed by atoms with Crippen LogP contribution in [-0.2, 0) is 17.1 Å². The third-order valence-corrected chi connectivity index (χ3v) is 6.04. The van der Waals surface area contributed by atoms with Crippen molar-refractivity contribution in [1.29, 1.82) is 0 Å². The Morgan fingerprint density at radius 1 is 1.23 bits per heavy atom. The summed E-state index contributed by atoms with van der Waals surface area (Å²) in [6.45, 7) is 4.63. The Hall–Kier alpha value is -3.14. The maximum Gasteiger partial charge on any atom is 0.264 e. The van der Waals surface area contributed by atoms with Crippen molar-refractivity contribution in [1.82, 2.24) is 19.7 Å². The molecule has 158 valence electrons. The Labute approximate surface area is 175 Å². The van der Waals surface area contributed by atoms with E-state index in [1.807, 2.05) is 6.07 Å². The van der Waals surface area contributed by atoms with Crippen LogP contribution in [0.1, 0.15) is 20.3 Å². The summed E-state index contributed by atoms with van der Waals surface area (Å²) in [4.78, 5) is 8.79. The number of rotatable bonds is 3. The number of benzene rings is 1. The van der Waals surface area contributed by atoms with Crippen LogP contribution in [0.2, 0.25) is 0 Å². The van der Waals surface area contributed by atoms with Gasteiger partial charge in [-0.1, -0.05) is 19.9 Å². The van der Waals surface area contributed by atoms with Crippen LogP contribution >= 0.6 is 0 Å². The smallest absolute Gasteiger partial charge is 0.264 e. The van der Waals surface area contributed by atoms with Gasteiger partial charge in [0.25, 0.3) is 10.0 Å². The second-order valence-corrected chi connectivity index (χ2v) is 9.35. The molecule has 4 bridgehead atoms. The fourth-order valence-corrected chi connectivity index (χ4v) is 4.38. The Bertz CT molecular complexity index is 1160. The second-order valence-electron chi connectivity index (χ2n) is 7.67. The highest BCUT2D eigenvalue weighted by Crippen LogP contribution is 2.26. The predicted molar refractivity (Wildman–Crippen MR) is 114 cm³/mol. The zero-order chi connectivity index (χ0) is 21.3. The Morgan fingerprint density at radius 3 is 2.80 bits per heavy atom. The highest BCUT2D eigenvalue weighted by Gasteiger charge is 2.21. The summed E-state index contributed by atoms with van der Waals surface area (Å²) in [7, 11) is -2.09. The molecule has 0 fully saturated rings. The van der Waals surface area contributed by atoms with Crippen molar-refractivity contribution in [3.05, 3.63) is 42.6 Å². The Balaban J connectivity index is 1.81. The standard InChI is InChI=1S/C20H24N6O3S/c1-13(2)9-15-12-29-19-11-17(18-7-8-21-26(18)3)23-20(24-19)25-30(27,28)16-6-4-5-14(10-16)22-15/h4-8,10-11,13,15,22H,9,12H2,1-3H3,(H,23,24,25)/t15-/m1/s1. The number of nitrogens with zero attached hydrogens (tertiary/aromatic N) is 4. The maximum atomic E-state index is 12.9. The summed E-state index contributed by atoms with van der Waals surface area (Å²) in [6, 6.07) is 10.1. The molecule has 30 heavy (non-hydrogen) atoms. The van der Waals surface area contributed by atoms with E-state index in [4.69, 9.17) is 4.74 Å². The van der Waals surface area contributed by atoms with Gasteiger partial charge in [-0.25, -0.2) is 18.1 Å². The van der Waals surface area contributed by atoms with Crippen LogP contribution in [0, 0.1) is 5.92 Å². The predicted octanol–water partition coefficient (Wildman–Crippen LogP) is 2.90. The third-order valence-electron chi connectivity index (χ3n) is 4.72. The molecule has 1 aliphatic rings. The van der Waals surface area contributed by atoms with Gasteiger partial charge in [-0.3, -0.25) is 4.68 Å². The number of nitrogens with one attached hydrogen (secondary N) is 2. The van der Waals surface area contributed by atoms with E-state index in [0.29, 0.717) is 35.5 Å². The lowest BCUT2D eigenvalue weighted by Gasteiger charge is -2.23. The summed E-state index contributed by atoms with van der Waals surface area (Å²) in [6.07, 6.45) is 2.50. The molecule has 0 aliphatic carbocycles. The normalized spacial score (nSPS) is 17.8. The molecule has 4 rings (SSSR count). The van der Waals surface area contributed by atoms with E-state index < -0.39 is 10.0 Å². The number of fused-ring (bicyclic) bond motifs is 4. The zero-order valence-electron chi connectivity index (χ0n) is 17.0. The Morgan fingerprint density at radius 2 is 2.07 bits per heavy atom. The van der Waals surface area contributed by atoms with Gasteiger partial charge >= 0.3 is 0 Å². The van der Waals surface area contributed by atoms with Crippen molar-refractivity contribution in [2.24, 2.45) is 13.0 Å². The third kappa shape index (κ3) is 4.38. The lowest BCUT2D eigenvalue weighted by atomic mass is 10.0. The fraction of sp³-hybridized carbons (Fsp3) is 0.350. The van der Waals surface area contributed by atoms with Crippen LogP contribution < -0.4 is 14.8 Å². The summed E-state index contributed by atoms with van der Waals surface area (Å²) in [5, 5.41) is 7.55. The van der Waals surface area contributed by atoms with Crippen molar-refractivity contribution in [3.63, 3.8) is 0 Å². The number of anilines is 2. The number of aromatic nitrogens is 4. The first-order valence-electron chi connectivity index (χ1n) is 9.70. The lowest BCUT2D eigenvalue weighted by Crippen LogP contribution is -2.29. The molecule has 0 saturated carbocycles. The summed E-state index contributed by atoms with van der Waals surface area (Å²) in [5.41, 5.74) is 1.94. The first-order valence-corrected chi connectivity index (χ1v) is 11.2. The quantitative estimate of drug-likeness (QED) is 0.660. The van der Waals surface area contributed by atoms with Crippen molar-refractivity contribution < 1.29 is 13.2 Å². The minimum atomic E-state index is -3.88. The molecule has 2 aromatic heterocycles. The zero-order valence-corrected chi connectivity index (χ0v) is 17.8. The molecule has 1 atom stereocenters. The van der Waals surface area contributed by atoms with Gasteiger partial charge in [0.1, 0.15) is 6.61 Å². The van der Waals surface area contributed by atoms with E-state index in [0.717, 1.165) is 6.42 Å². The lowest BCUT2D eigenvalue weighted by molar-refractivity contribution is 0.271. The van der Waals surface area contributed by atoms with Crippen molar-refractivity contribution >= 4 is 21.7 Å². The van der Waals surface area contributed by atoms with Gasteiger partial charge in [0.05, 0.1) is 22.3 Å². The van der Waals surface area contributed by atoms with Crippen LogP contribution in [0.25, 0.3) is 11.4 Å². The minimum Gasteiger partial charge on any atom is -0.475 e. The minimum absolute atomic E-state index is 0.0195. The molecular formula is C20H24N6O3S. The van der Waals surface area contributed by atoms with E-state index in [9.17, 15) is 8.42 Å². The molecular weight excluding hydrogens is 404 g/mol. The second kappa shape index (κ2) is 7.94. The first kappa shape index (κ1) is 20.1. The highest BCUT2D eigenvalue weighted by atomic mass is 32.2. The first-order chi connectivity index (χ1) is 14.3. The van der Waals surface area contributed by atoms with E-state index in [1.54, 1.807) is 48.3 Å². The largest absolute Gasteiger partial charge is 0.475 e. The molecule has 0 radical (unpaired) electrons. The molecule has 0 saturated heterocycles.